The van der Waals surface area contributed by atoms with E-state index in [-0.39, 0.29) is 5.95 Å². The van der Waals surface area contributed by atoms with Crippen molar-refractivity contribution >= 4 is 57.2 Å². The van der Waals surface area contributed by atoms with Gasteiger partial charge in [0.1, 0.15) is 11.9 Å². The molecule has 24 heavy (non-hydrogen) atoms. The molecule has 1 heterocycles. The number of hydrogen-bond donors (Lipinski definition) is 2. The summed E-state index contributed by atoms with van der Waals surface area (Å²) in [6.07, 6.45) is 1.49. The van der Waals surface area contributed by atoms with E-state index in [1.165, 1.54) is 22.5 Å². The Hall–Kier alpha value is 0.0300. The summed E-state index contributed by atoms with van der Waals surface area (Å²) >= 11 is 8.07. The number of nitro groups is 1. The minimum absolute atomic E-state index is 0.177. The monoisotopic (exact) mass is 507 g/mol. The van der Waals surface area contributed by atoms with E-state index in [2.05, 4.69) is 47.0 Å². The second-order valence-corrected chi connectivity index (χ2v) is 9.18. The van der Waals surface area contributed by atoms with Gasteiger partial charge < -0.3 is 14.6 Å². The molecule has 0 aliphatic carbocycles. The van der Waals surface area contributed by atoms with Gasteiger partial charge in [-0.3, -0.25) is 4.57 Å². The number of aromatic nitrogens is 2. The summed E-state index contributed by atoms with van der Waals surface area (Å²) in [7, 11) is -1.45. The average molecular weight is 509 g/mol. The van der Waals surface area contributed by atoms with Crippen molar-refractivity contribution in [3.63, 3.8) is 0 Å². The largest absolute Gasteiger partial charge is 0.434 e. The zero-order valence-electron chi connectivity index (χ0n) is 13.1. The van der Waals surface area contributed by atoms with E-state index in [0.29, 0.717) is 41.9 Å². The lowest BCUT2D eigenvalue weighted by Crippen LogP contribution is -2.27. The van der Waals surface area contributed by atoms with Crippen molar-refractivity contribution in [1.82, 2.24) is 19.7 Å². The van der Waals surface area contributed by atoms with Crippen LogP contribution < -0.4 is 10.2 Å². The maximum atomic E-state index is 12.5. The summed E-state index contributed by atoms with van der Waals surface area (Å²) in [6.45, 7) is 1.35. The highest BCUT2D eigenvalue weighted by molar-refractivity contribution is 9.09. The highest BCUT2D eigenvalue weighted by atomic mass is 79.9. The van der Waals surface area contributed by atoms with Crippen molar-refractivity contribution in [2.75, 3.05) is 36.1 Å². The molecule has 0 spiro atoms. The Morgan fingerprint density at radius 1 is 1.42 bits per heavy atom. The molecule has 0 atom stereocenters. The van der Waals surface area contributed by atoms with Crippen LogP contribution in [0.5, 0.6) is 0 Å². The third kappa shape index (κ3) is 7.51. The number of nitrogens with one attached hydrogen (secondary N) is 2. The first kappa shape index (κ1) is 22.1. The Balaban J connectivity index is 2.37. The Bertz CT molecular complexity index is 565. The molecule has 2 N–H and O–H groups in total. The molecule has 0 saturated carbocycles. The molecule has 0 aromatic carbocycles. The Kier molecular flexibility index (Phi) is 10.7. The molecule has 1 rings (SSSR count). The van der Waals surface area contributed by atoms with Crippen molar-refractivity contribution in [3.8, 4) is 0 Å². The van der Waals surface area contributed by atoms with Gasteiger partial charge in [0.15, 0.2) is 0 Å². The molecule has 0 radical (unpaired) electrons. The molecule has 0 amide bonds. The van der Waals surface area contributed by atoms with E-state index in [1.807, 2.05) is 0 Å². The van der Waals surface area contributed by atoms with Crippen LogP contribution in [0.2, 0.25) is 0 Å². The van der Waals surface area contributed by atoms with Crippen LogP contribution in [0.3, 0.4) is 0 Å². The van der Waals surface area contributed by atoms with Gasteiger partial charge in [-0.1, -0.05) is 36.8 Å². The topological polar surface area (TPSA) is 111 Å². The smallest absolute Gasteiger partial charge is 0.390 e. The second kappa shape index (κ2) is 11.6. The highest BCUT2D eigenvalue weighted by Crippen LogP contribution is 2.37. The normalized spacial score (nSPS) is 11.8. The van der Waals surface area contributed by atoms with Gasteiger partial charge in [0.05, 0.1) is 19.4 Å². The van der Waals surface area contributed by atoms with Crippen molar-refractivity contribution in [3.05, 3.63) is 22.0 Å². The van der Waals surface area contributed by atoms with Crippen LogP contribution >= 0.6 is 51.3 Å². The van der Waals surface area contributed by atoms with Crippen LogP contribution in [0.25, 0.3) is 0 Å². The Morgan fingerprint density at radius 2 is 2.04 bits per heavy atom. The van der Waals surface area contributed by atoms with Gasteiger partial charge in [0, 0.05) is 29.5 Å². The van der Waals surface area contributed by atoms with Gasteiger partial charge in [-0.25, -0.2) is 14.7 Å². The van der Waals surface area contributed by atoms with Crippen molar-refractivity contribution in [1.29, 1.82) is 0 Å². The fourth-order valence-electron chi connectivity index (χ4n) is 1.67. The lowest BCUT2D eigenvalue weighted by atomic mass is 10.5. The second-order valence-electron chi connectivity index (χ2n) is 4.50. The molecule has 0 saturated heterocycles. The lowest BCUT2D eigenvalue weighted by Gasteiger charge is -2.19. The quantitative estimate of drug-likeness (QED) is 0.137. The summed E-state index contributed by atoms with van der Waals surface area (Å²) in [6, 6.07) is 0. The Morgan fingerprint density at radius 3 is 2.54 bits per heavy atom. The van der Waals surface area contributed by atoms with Crippen molar-refractivity contribution in [2.45, 2.75) is 5.75 Å². The minimum atomic E-state index is -3.06. The van der Waals surface area contributed by atoms with Gasteiger partial charge in [-0.15, -0.1) is 0 Å². The molecule has 0 unspecified atom stereocenters. The highest BCUT2D eigenvalue weighted by Gasteiger charge is 2.21. The maximum absolute atomic E-state index is 12.5. The van der Waals surface area contributed by atoms with E-state index in [1.54, 1.807) is 7.05 Å². The zero-order valence-corrected chi connectivity index (χ0v) is 18.0. The maximum Gasteiger partial charge on any atom is 0.434 e. The fraction of sp³-hybridized carbons (Fsp3) is 0.727. The molecule has 0 aliphatic heterocycles. The van der Waals surface area contributed by atoms with Gasteiger partial charge >= 0.3 is 13.6 Å². The number of hydrogen-bond acceptors (Lipinski definition) is 6. The standard InChI is InChI=1S/C11H20Br2N5O4PS/c1-17-10(8-14-11(17)18(19)20)9-24-7-6-22-23(21,15-4-2-12)16-5-3-13/h8H,2-7,9H2,1H3,(H2,15,16,21). The minimum Gasteiger partial charge on any atom is -0.390 e. The van der Waals surface area contributed by atoms with Crippen LogP contribution in [0.15, 0.2) is 6.20 Å². The summed E-state index contributed by atoms with van der Waals surface area (Å²) in [5.41, 5.74) is 0.754. The van der Waals surface area contributed by atoms with E-state index in [4.69, 9.17) is 4.52 Å². The van der Waals surface area contributed by atoms with E-state index in [9.17, 15) is 14.7 Å². The summed E-state index contributed by atoms with van der Waals surface area (Å²) in [5, 5.41) is 17.8. The molecule has 1 aromatic rings. The average Bonchev–Trinajstić information content (AvgIpc) is 2.92. The third-order valence-corrected chi connectivity index (χ3v) is 6.38. The molecule has 0 aliphatic rings. The number of rotatable bonds is 13. The van der Waals surface area contributed by atoms with Crippen LogP contribution in [0.1, 0.15) is 5.69 Å². The molecule has 0 fully saturated rings. The predicted molar refractivity (Wildman–Crippen MR) is 103 cm³/mol. The van der Waals surface area contributed by atoms with Crippen LogP contribution in [0.4, 0.5) is 5.95 Å². The van der Waals surface area contributed by atoms with Gasteiger partial charge in [0.25, 0.3) is 0 Å². The third-order valence-electron chi connectivity index (χ3n) is 2.80. The van der Waals surface area contributed by atoms with Gasteiger partial charge in [-0.05, 0) is 4.92 Å². The van der Waals surface area contributed by atoms with Crippen molar-refractivity contribution < 1.29 is 14.0 Å². The lowest BCUT2D eigenvalue weighted by molar-refractivity contribution is -0.396. The summed E-state index contributed by atoms with van der Waals surface area (Å²) in [5.74, 6) is 0.994. The van der Waals surface area contributed by atoms with Crippen molar-refractivity contribution in [2.24, 2.45) is 7.05 Å². The first-order valence-electron chi connectivity index (χ1n) is 7.03. The Labute approximate surface area is 161 Å². The molecule has 9 nitrogen and oxygen atoms in total. The number of thioether (sulfide) groups is 1. The number of nitrogens with zero attached hydrogens (tertiary/aromatic N) is 3. The van der Waals surface area contributed by atoms with Crippen LogP contribution in [-0.2, 0) is 21.9 Å². The van der Waals surface area contributed by atoms with Crippen LogP contribution in [-0.4, -0.2) is 50.6 Å². The zero-order chi connectivity index (χ0) is 18.0. The SMILES string of the molecule is Cn1c(CSCCOP(=O)(NCCBr)NCCBr)cnc1[N+](=O)[O-]. The molecular formula is C11H20Br2N5O4PS. The number of imidazole rings is 1. The van der Waals surface area contributed by atoms with E-state index < -0.39 is 12.6 Å². The van der Waals surface area contributed by atoms with E-state index >= 15 is 0 Å². The van der Waals surface area contributed by atoms with E-state index in [0.717, 1.165) is 5.69 Å². The summed E-state index contributed by atoms with van der Waals surface area (Å²) < 4.78 is 19.4. The molecule has 1 aromatic heterocycles. The molecular weight excluding hydrogens is 489 g/mol. The summed E-state index contributed by atoms with van der Waals surface area (Å²) in [4.78, 5) is 14.0. The van der Waals surface area contributed by atoms with Gasteiger partial charge in [-0.2, -0.15) is 11.8 Å². The van der Waals surface area contributed by atoms with Crippen LogP contribution in [0, 0.1) is 10.1 Å². The molecule has 13 heteroatoms. The number of halogens is 2. The first-order chi connectivity index (χ1) is 11.4. The first-order valence-corrected chi connectivity index (χ1v) is 12.0. The molecule has 0 bridgehead atoms. The van der Waals surface area contributed by atoms with Gasteiger partial charge in [0.2, 0.25) is 0 Å². The molecule has 138 valence electrons. The number of alkyl halides is 2. The predicted octanol–water partition coefficient (Wildman–Crippen LogP) is 2.66. The fourth-order valence-corrected chi connectivity index (χ4v) is 5.08.